The van der Waals surface area contributed by atoms with Crippen molar-refractivity contribution in [2.24, 2.45) is 0 Å². The van der Waals surface area contributed by atoms with Crippen molar-refractivity contribution >= 4 is 17.5 Å². The van der Waals surface area contributed by atoms with Crippen LogP contribution in [-0.2, 0) is 10.2 Å². The molecule has 2 heterocycles. The van der Waals surface area contributed by atoms with Crippen LogP contribution in [0.25, 0.3) is 0 Å². The van der Waals surface area contributed by atoms with Crippen LogP contribution in [0, 0.1) is 0 Å². The van der Waals surface area contributed by atoms with E-state index in [4.69, 9.17) is 4.74 Å². The first-order chi connectivity index (χ1) is 11.5. The lowest BCUT2D eigenvalue weighted by atomic mass is 9.86. The number of aromatic nitrogens is 2. The number of hydrogen-bond donors (Lipinski definition) is 2. The molecule has 24 heavy (non-hydrogen) atoms. The van der Waals surface area contributed by atoms with Gasteiger partial charge in [0.15, 0.2) is 0 Å². The summed E-state index contributed by atoms with van der Waals surface area (Å²) >= 11 is 0. The monoisotopic (exact) mass is 326 g/mol. The summed E-state index contributed by atoms with van der Waals surface area (Å²) in [5.74, 6) is 1.42. The van der Waals surface area contributed by atoms with Gasteiger partial charge >= 0.3 is 0 Å². The number of rotatable bonds is 5. The van der Waals surface area contributed by atoms with Crippen LogP contribution in [0.15, 0.2) is 36.5 Å². The molecule has 1 atom stereocenters. The number of anilines is 3. The maximum absolute atomic E-state index is 5.62. The standard InChI is InChI=1S/C19H26N4O/c1-19(2,3)15-8-4-5-9-16(15)22-17-10-11-20-18(23-17)21-13-14-7-6-12-24-14/h4-5,8-11,14H,6-7,12-13H2,1-3H3,(H2,20,21,22,23). The van der Waals surface area contributed by atoms with Crippen molar-refractivity contribution in [3.63, 3.8) is 0 Å². The van der Waals surface area contributed by atoms with Crippen molar-refractivity contribution in [3.05, 3.63) is 42.1 Å². The third-order valence-corrected chi connectivity index (χ3v) is 4.17. The van der Waals surface area contributed by atoms with E-state index in [1.807, 2.05) is 12.1 Å². The van der Waals surface area contributed by atoms with Gasteiger partial charge in [0.05, 0.1) is 6.10 Å². The molecule has 0 radical (unpaired) electrons. The number of nitrogens with one attached hydrogen (secondary N) is 2. The number of hydrogen-bond acceptors (Lipinski definition) is 5. The molecule has 1 aromatic carbocycles. The second-order valence-electron chi connectivity index (χ2n) is 7.20. The van der Waals surface area contributed by atoms with Gasteiger partial charge in [0.25, 0.3) is 0 Å². The minimum atomic E-state index is 0.0670. The average molecular weight is 326 g/mol. The van der Waals surface area contributed by atoms with Crippen LogP contribution in [0.4, 0.5) is 17.5 Å². The molecule has 0 saturated carbocycles. The molecule has 5 nitrogen and oxygen atoms in total. The SMILES string of the molecule is CC(C)(C)c1ccccc1Nc1ccnc(NCC2CCCO2)n1. The Hall–Kier alpha value is -2.14. The van der Waals surface area contributed by atoms with E-state index in [0.717, 1.165) is 37.5 Å². The van der Waals surface area contributed by atoms with Crippen molar-refractivity contribution in [1.29, 1.82) is 0 Å². The summed E-state index contributed by atoms with van der Waals surface area (Å²) in [4.78, 5) is 8.86. The van der Waals surface area contributed by atoms with Gasteiger partial charge in [-0.1, -0.05) is 39.0 Å². The number of para-hydroxylation sites is 1. The van der Waals surface area contributed by atoms with Crippen LogP contribution in [0.5, 0.6) is 0 Å². The number of benzene rings is 1. The lowest BCUT2D eigenvalue weighted by Crippen LogP contribution is -2.19. The Morgan fingerprint density at radius 1 is 1.21 bits per heavy atom. The fourth-order valence-corrected chi connectivity index (χ4v) is 2.91. The van der Waals surface area contributed by atoms with Crippen LogP contribution < -0.4 is 10.6 Å². The van der Waals surface area contributed by atoms with Gasteiger partial charge in [-0.25, -0.2) is 4.98 Å². The molecule has 0 bridgehead atoms. The zero-order chi connectivity index (χ0) is 17.0. The van der Waals surface area contributed by atoms with Gasteiger partial charge in [-0.3, -0.25) is 0 Å². The summed E-state index contributed by atoms with van der Waals surface area (Å²) in [5.41, 5.74) is 2.41. The van der Waals surface area contributed by atoms with Gasteiger partial charge < -0.3 is 15.4 Å². The van der Waals surface area contributed by atoms with Crippen molar-refractivity contribution < 1.29 is 4.74 Å². The number of nitrogens with zero attached hydrogens (tertiary/aromatic N) is 2. The van der Waals surface area contributed by atoms with Crippen LogP contribution in [0.2, 0.25) is 0 Å². The first-order valence-electron chi connectivity index (χ1n) is 8.57. The Morgan fingerprint density at radius 2 is 2.04 bits per heavy atom. The van der Waals surface area contributed by atoms with E-state index in [1.165, 1.54) is 5.56 Å². The van der Waals surface area contributed by atoms with Gasteiger partial charge in [-0.2, -0.15) is 4.98 Å². The smallest absolute Gasteiger partial charge is 0.224 e. The molecule has 5 heteroatoms. The maximum atomic E-state index is 5.62. The molecule has 1 fully saturated rings. The van der Waals surface area contributed by atoms with Crippen molar-refractivity contribution in [2.45, 2.75) is 45.1 Å². The van der Waals surface area contributed by atoms with E-state index < -0.39 is 0 Å². The van der Waals surface area contributed by atoms with Gasteiger partial charge in [-0.05, 0) is 36.0 Å². The zero-order valence-electron chi connectivity index (χ0n) is 14.7. The Balaban J connectivity index is 1.71. The lowest BCUT2D eigenvalue weighted by molar-refractivity contribution is 0.120. The van der Waals surface area contributed by atoms with E-state index in [9.17, 15) is 0 Å². The first-order valence-corrected chi connectivity index (χ1v) is 8.57. The zero-order valence-corrected chi connectivity index (χ0v) is 14.7. The van der Waals surface area contributed by atoms with E-state index in [1.54, 1.807) is 6.20 Å². The molecular weight excluding hydrogens is 300 g/mol. The summed E-state index contributed by atoms with van der Waals surface area (Å²) < 4.78 is 5.62. The molecule has 3 rings (SSSR count). The second-order valence-corrected chi connectivity index (χ2v) is 7.20. The molecule has 2 N–H and O–H groups in total. The highest BCUT2D eigenvalue weighted by atomic mass is 16.5. The molecule has 128 valence electrons. The Bertz CT molecular complexity index is 675. The predicted octanol–water partition coefficient (Wildman–Crippen LogP) is 4.11. The quantitative estimate of drug-likeness (QED) is 0.866. The van der Waals surface area contributed by atoms with Crippen molar-refractivity contribution in [3.8, 4) is 0 Å². The normalized spacial score (nSPS) is 17.7. The largest absolute Gasteiger partial charge is 0.376 e. The summed E-state index contributed by atoms with van der Waals surface area (Å²) in [7, 11) is 0. The topological polar surface area (TPSA) is 59.1 Å². The highest BCUT2D eigenvalue weighted by Gasteiger charge is 2.18. The second kappa shape index (κ2) is 7.18. The van der Waals surface area contributed by atoms with Gasteiger partial charge in [0.1, 0.15) is 5.82 Å². The molecule has 1 saturated heterocycles. The summed E-state index contributed by atoms with van der Waals surface area (Å²) in [5, 5.41) is 6.70. The Labute approximate surface area is 143 Å². The number of ether oxygens (including phenoxy) is 1. The van der Waals surface area contributed by atoms with Gasteiger partial charge in [-0.15, -0.1) is 0 Å². The molecule has 0 amide bonds. The molecule has 1 aliphatic rings. The van der Waals surface area contributed by atoms with Crippen LogP contribution in [-0.4, -0.2) is 29.2 Å². The average Bonchev–Trinajstić information content (AvgIpc) is 3.06. The van der Waals surface area contributed by atoms with Crippen molar-refractivity contribution in [1.82, 2.24) is 9.97 Å². The maximum Gasteiger partial charge on any atom is 0.224 e. The summed E-state index contributed by atoms with van der Waals surface area (Å²) in [6.45, 7) is 8.24. The minimum absolute atomic E-state index is 0.0670. The van der Waals surface area contributed by atoms with Crippen molar-refractivity contribution in [2.75, 3.05) is 23.8 Å². The Kier molecular flexibility index (Phi) is 5.00. The van der Waals surface area contributed by atoms with E-state index in [0.29, 0.717) is 5.95 Å². The Morgan fingerprint density at radius 3 is 2.79 bits per heavy atom. The van der Waals surface area contributed by atoms with E-state index in [2.05, 4.69) is 59.6 Å². The van der Waals surface area contributed by atoms with E-state index in [-0.39, 0.29) is 11.5 Å². The minimum Gasteiger partial charge on any atom is -0.376 e. The van der Waals surface area contributed by atoms with E-state index >= 15 is 0 Å². The third-order valence-electron chi connectivity index (χ3n) is 4.17. The summed E-state index contributed by atoms with van der Waals surface area (Å²) in [6.07, 6.45) is 4.28. The summed E-state index contributed by atoms with van der Waals surface area (Å²) in [6, 6.07) is 10.2. The predicted molar refractivity (Wildman–Crippen MR) is 97.9 cm³/mol. The van der Waals surface area contributed by atoms with Crippen LogP contribution in [0.3, 0.4) is 0 Å². The third kappa shape index (κ3) is 4.23. The lowest BCUT2D eigenvalue weighted by Gasteiger charge is -2.23. The molecule has 0 aliphatic carbocycles. The fraction of sp³-hybridized carbons (Fsp3) is 0.474. The highest BCUT2D eigenvalue weighted by Crippen LogP contribution is 2.30. The highest BCUT2D eigenvalue weighted by molar-refractivity contribution is 5.62. The molecule has 1 aromatic heterocycles. The first kappa shape index (κ1) is 16.7. The van der Waals surface area contributed by atoms with Crippen LogP contribution >= 0.6 is 0 Å². The molecule has 1 unspecified atom stereocenters. The molecule has 1 aliphatic heterocycles. The van der Waals surface area contributed by atoms with Crippen LogP contribution in [0.1, 0.15) is 39.2 Å². The fourth-order valence-electron chi connectivity index (χ4n) is 2.91. The molecule has 0 spiro atoms. The molecule has 2 aromatic rings. The van der Waals surface area contributed by atoms with Gasteiger partial charge in [0, 0.05) is 25.0 Å². The van der Waals surface area contributed by atoms with Gasteiger partial charge in [0.2, 0.25) is 5.95 Å². The molecular formula is C19H26N4O.